The van der Waals surface area contributed by atoms with Crippen LogP contribution in [0.3, 0.4) is 0 Å². The lowest BCUT2D eigenvalue weighted by atomic mass is 9.75. The van der Waals surface area contributed by atoms with Gasteiger partial charge in [0.1, 0.15) is 4.88 Å². The normalized spacial score (nSPS) is 26.2. The third-order valence-corrected chi connectivity index (χ3v) is 5.02. The number of rotatable bonds is 2. The molecule has 0 aromatic carbocycles. The van der Waals surface area contributed by atoms with E-state index < -0.39 is 0 Å². The van der Waals surface area contributed by atoms with Crippen molar-refractivity contribution in [3.05, 3.63) is 11.1 Å². The average Bonchev–Trinajstić information content (AvgIpc) is 2.93. The molecule has 1 unspecified atom stereocenters. The average molecular weight is 280 g/mol. The zero-order valence-corrected chi connectivity index (χ0v) is 11.8. The summed E-state index contributed by atoms with van der Waals surface area (Å²) in [5, 5.41) is 10.6. The molecular formula is C13H20N4OS. The van der Waals surface area contributed by atoms with Crippen molar-refractivity contribution in [3.8, 4) is 0 Å². The maximum Gasteiger partial charge on any atom is 0.264 e. The number of aromatic nitrogens is 2. The van der Waals surface area contributed by atoms with Crippen molar-refractivity contribution in [2.75, 3.05) is 6.54 Å². The summed E-state index contributed by atoms with van der Waals surface area (Å²) in [5.74, 6) is -0.0205. The van der Waals surface area contributed by atoms with Gasteiger partial charge in [-0.3, -0.25) is 4.79 Å². The zero-order valence-electron chi connectivity index (χ0n) is 11.0. The Morgan fingerprint density at radius 1 is 1.42 bits per heavy atom. The van der Waals surface area contributed by atoms with Crippen molar-refractivity contribution in [1.29, 1.82) is 0 Å². The highest BCUT2D eigenvalue weighted by Crippen LogP contribution is 2.34. The minimum Gasteiger partial charge on any atom is -0.348 e. The molecule has 1 amide bonds. The van der Waals surface area contributed by atoms with Crippen LogP contribution in [0.25, 0.3) is 0 Å². The molecule has 1 aromatic rings. The highest BCUT2D eigenvalue weighted by Gasteiger charge is 2.37. The number of hydrogen-bond donors (Lipinski definition) is 2. The molecule has 1 saturated heterocycles. The van der Waals surface area contributed by atoms with E-state index >= 15 is 0 Å². The minimum absolute atomic E-state index is 0.0205. The summed E-state index contributed by atoms with van der Waals surface area (Å²) in [6, 6.07) is 0.286. The first-order valence-corrected chi connectivity index (χ1v) is 7.88. The molecule has 2 heterocycles. The summed E-state index contributed by atoms with van der Waals surface area (Å²) in [4.78, 5) is 12.7. The summed E-state index contributed by atoms with van der Waals surface area (Å²) in [6.07, 6.45) is 10.1. The molecule has 5 nitrogen and oxygen atoms in total. The summed E-state index contributed by atoms with van der Waals surface area (Å²) >= 11 is 1.16. The van der Waals surface area contributed by atoms with E-state index in [-0.39, 0.29) is 17.5 Å². The van der Waals surface area contributed by atoms with Gasteiger partial charge in [-0.25, -0.2) is 0 Å². The Kier molecular flexibility index (Phi) is 3.79. The molecule has 1 atom stereocenters. The smallest absolute Gasteiger partial charge is 0.264 e. The van der Waals surface area contributed by atoms with Gasteiger partial charge in [-0.1, -0.05) is 23.8 Å². The highest BCUT2D eigenvalue weighted by atomic mass is 32.1. The molecule has 1 spiro atoms. The fraction of sp³-hybridized carbons (Fsp3) is 0.769. The lowest BCUT2D eigenvalue weighted by Crippen LogP contribution is -2.57. The van der Waals surface area contributed by atoms with Crippen molar-refractivity contribution >= 4 is 17.4 Å². The molecule has 104 valence electrons. The zero-order chi connectivity index (χ0) is 13.1. The number of carbonyl (C=O) groups excluding carboxylic acids is 1. The lowest BCUT2D eigenvalue weighted by Gasteiger charge is -2.44. The second kappa shape index (κ2) is 5.54. The van der Waals surface area contributed by atoms with Gasteiger partial charge in [0.05, 0.1) is 6.20 Å². The molecule has 1 aromatic heterocycles. The van der Waals surface area contributed by atoms with Gasteiger partial charge >= 0.3 is 0 Å². The van der Waals surface area contributed by atoms with Crippen LogP contribution >= 0.6 is 11.5 Å². The largest absolute Gasteiger partial charge is 0.348 e. The fourth-order valence-corrected chi connectivity index (χ4v) is 3.83. The SMILES string of the molecule is O=C(NC1CCNC2(CCCCC2)C1)c1cnns1. The van der Waals surface area contributed by atoms with E-state index in [1.54, 1.807) is 0 Å². The third kappa shape index (κ3) is 2.95. The van der Waals surface area contributed by atoms with Gasteiger partial charge < -0.3 is 10.6 Å². The van der Waals surface area contributed by atoms with Crippen LogP contribution in [0, 0.1) is 0 Å². The van der Waals surface area contributed by atoms with Gasteiger partial charge in [0.25, 0.3) is 5.91 Å². The molecule has 3 rings (SSSR count). The van der Waals surface area contributed by atoms with E-state index in [2.05, 4.69) is 20.2 Å². The maximum atomic E-state index is 12.0. The Morgan fingerprint density at radius 3 is 3.00 bits per heavy atom. The molecule has 2 fully saturated rings. The Labute approximate surface area is 117 Å². The van der Waals surface area contributed by atoms with Crippen LogP contribution in [-0.4, -0.2) is 33.6 Å². The van der Waals surface area contributed by atoms with E-state index in [1.165, 1.54) is 38.3 Å². The van der Waals surface area contributed by atoms with Crippen LogP contribution in [0.4, 0.5) is 0 Å². The second-order valence-corrected chi connectivity index (χ2v) is 6.50. The molecule has 1 aliphatic heterocycles. The summed E-state index contributed by atoms with van der Waals surface area (Å²) < 4.78 is 3.74. The van der Waals surface area contributed by atoms with Gasteiger partial charge in [-0.05, 0) is 43.8 Å². The van der Waals surface area contributed by atoms with E-state index in [9.17, 15) is 4.79 Å². The monoisotopic (exact) mass is 280 g/mol. The lowest BCUT2D eigenvalue weighted by molar-refractivity contribution is 0.0896. The third-order valence-electron chi connectivity index (χ3n) is 4.36. The first-order chi connectivity index (χ1) is 9.27. The van der Waals surface area contributed by atoms with Crippen LogP contribution in [0.5, 0.6) is 0 Å². The van der Waals surface area contributed by atoms with Crippen molar-refractivity contribution in [3.63, 3.8) is 0 Å². The van der Waals surface area contributed by atoms with E-state index in [4.69, 9.17) is 0 Å². The summed E-state index contributed by atoms with van der Waals surface area (Å²) in [5.41, 5.74) is 0.278. The van der Waals surface area contributed by atoms with Gasteiger partial charge in [0.15, 0.2) is 0 Å². The molecule has 1 saturated carbocycles. The number of hydrogen-bond acceptors (Lipinski definition) is 5. The molecule has 2 aliphatic rings. The van der Waals surface area contributed by atoms with Gasteiger partial charge in [-0.15, -0.1) is 5.10 Å². The predicted octanol–water partition coefficient (Wildman–Crippen LogP) is 1.72. The van der Waals surface area contributed by atoms with Gasteiger partial charge in [-0.2, -0.15) is 0 Å². The minimum atomic E-state index is -0.0205. The molecule has 19 heavy (non-hydrogen) atoms. The predicted molar refractivity (Wildman–Crippen MR) is 74.2 cm³/mol. The van der Waals surface area contributed by atoms with Crippen LogP contribution < -0.4 is 10.6 Å². The number of nitrogens with one attached hydrogen (secondary N) is 2. The summed E-state index contributed by atoms with van der Waals surface area (Å²) in [6.45, 7) is 1.01. The van der Waals surface area contributed by atoms with Crippen molar-refractivity contribution < 1.29 is 4.79 Å². The number of nitrogens with zero attached hydrogens (tertiary/aromatic N) is 2. The van der Waals surface area contributed by atoms with Crippen molar-refractivity contribution in [2.45, 2.75) is 56.5 Å². The second-order valence-electron chi connectivity index (χ2n) is 5.71. The maximum absolute atomic E-state index is 12.0. The molecule has 1 aliphatic carbocycles. The fourth-order valence-electron chi connectivity index (χ4n) is 3.41. The number of amides is 1. The molecular weight excluding hydrogens is 260 g/mol. The van der Waals surface area contributed by atoms with Crippen molar-refractivity contribution in [1.82, 2.24) is 20.2 Å². The van der Waals surface area contributed by atoms with Crippen molar-refractivity contribution in [2.24, 2.45) is 0 Å². The molecule has 0 bridgehead atoms. The first-order valence-electron chi connectivity index (χ1n) is 7.11. The number of carbonyl (C=O) groups is 1. The Morgan fingerprint density at radius 2 is 2.26 bits per heavy atom. The molecule has 2 N–H and O–H groups in total. The van der Waals surface area contributed by atoms with Crippen LogP contribution in [0.2, 0.25) is 0 Å². The van der Waals surface area contributed by atoms with E-state index in [1.807, 2.05) is 0 Å². The van der Waals surface area contributed by atoms with E-state index in [0.29, 0.717) is 4.88 Å². The Balaban J connectivity index is 1.60. The molecule has 6 heteroatoms. The van der Waals surface area contributed by atoms with Crippen LogP contribution in [0.15, 0.2) is 6.20 Å². The summed E-state index contributed by atoms with van der Waals surface area (Å²) in [7, 11) is 0. The standard InChI is InChI=1S/C13H20N4OS/c18-12(11-9-15-17-19-11)16-10-4-7-14-13(8-10)5-2-1-3-6-13/h9-10,14H,1-8H2,(H,16,18). The van der Waals surface area contributed by atoms with Gasteiger partial charge in [0.2, 0.25) is 0 Å². The number of piperidine rings is 1. The topological polar surface area (TPSA) is 66.9 Å². The highest BCUT2D eigenvalue weighted by molar-refractivity contribution is 7.07. The van der Waals surface area contributed by atoms with Gasteiger partial charge in [0, 0.05) is 11.6 Å². The Hall–Kier alpha value is -1.01. The quantitative estimate of drug-likeness (QED) is 0.865. The van der Waals surface area contributed by atoms with Crippen LogP contribution in [-0.2, 0) is 0 Å². The van der Waals surface area contributed by atoms with E-state index in [0.717, 1.165) is 30.9 Å². The first kappa shape index (κ1) is 13.0. The Bertz CT molecular complexity index is 422. The molecule has 0 radical (unpaired) electrons. The van der Waals surface area contributed by atoms with Crippen LogP contribution in [0.1, 0.15) is 54.6 Å².